The van der Waals surface area contributed by atoms with E-state index in [4.69, 9.17) is 5.26 Å². The van der Waals surface area contributed by atoms with Crippen LogP contribution in [0.15, 0.2) is 24.3 Å². The lowest BCUT2D eigenvalue weighted by molar-refractivity contribution is 0.166. The Labute approximate surface area is 125 Å². The topological polar surface area (TPSA) is 56.0 Å². The highest BCUT2D eigenvalue weighted by atomic mass is 32.2. The summed E-state index contributed by atoms with van der Waals surface area (Å²) in [6.45, 7) is 0.584. The second kappa shape index (κ2) is 7.68. The molecule has 20 heavy (non-hydrogen) atoms. The molecule has 1 aromatic carbocycles. The molecule has 1 atom stereocenters. The van der Waals surface area contributed by atoms with Crippen molar-refractivity contribution in [1.82, 2.24) is 5.32 Å². The summed E-state index contributed by atoms with van der Waals surface area (Å²) in [6.07, 6.45) is 6.63. The molecular formula is C16H22N2OS. The molecule has 108 valence electrons. The minimum absolute atomic E-state index is 0.499. The predicted octanol–water partition coefficient (Wildman–Crippen LogP) is 2.86. The lowest BCUT2D eigenvalue weighted by Crippen LogP contribution is -2.36. The second-order valence-corrected chi connectivity index (χ2v) is 6.51. The van der Waals surface area contributed by atoms with Gasteiger partial charge < -0.3 is 10.4 Å². The molecule has 2 rings (SSSR count). The molecule has 0 aromatic heterocycles. The van der Waals surface area contributed by atoms with Crippen LogP contribution >= 0.6 is 11.8 Å². The van der Waals surface area contributed by atoms with Crippen LogP contribution in [0.4, 0.5) is 0 Å². The molecule has 4 heteroatoms. The van der Waals surface area contributed by atoms with Gasteiger partial charge >= 0.3 is 0 Å². The molecule has 0 radical (unpaired) electrons. The Morgan fingerprint density at radius 2 is 1.95 bits per heavy atom. The summed E-state index contributed by atoms with van der Waals surface area (Å²) in [5, 5.41) is 23.2. The van der Waals surface area contributed by atoms with Gasteiger partial charge in [0, 0.05) is 17.8 Å². The van der Waals surface area contributed by atoms with Gasteiger partial charge in [-0.25, -0.2) is 0 Å². The first-order chi connectivity index (χ1) is 9.72. The summed E-state index contributed by atoms with van der Waals surface area (Å²) < 4.78 is 0. The monoisotopic (exact) mass is 290 g/mol. The largest absolute Gasteiger partial charge is 0.387 e. The molecule has 3 nitrogen and oxygen atoms in total. The van der Waals surface area contributed by atoms with Crippen molar-refractivity contribution in [2.75, 3.05) is 12.8 Å². The van der Waals surface area contributed by atoms with Gasteiger partial charge in [-0.2, -0.15) is 17.0 Å². The Kier molecular flexibility index (Phi) is 5.90. The molecule has 0 spiro atoms. The Bertz CT molecular complexity index is 447. The fourth-order valence-electron chi connectivity index (χ4n) is 2.68. The number of nitriles is 1. The van der Waals surface area contributed by atoms with Crippen LogP contribution in [0.2, 0.25) is 0 Å². The van der Waals surface area contributed by atoms with E-state index in [2.05, 4.69) is 17.6 Å². The maximum atomic E-state index is 10.2. The highest BCUT2D eigenvalue weighted by molar-refractivity contribution is 7.99. The predicted molar refractivity (Wildman–Crippen MR) is 83.7 cm³/mol. The van der Waals surface area contributed by atoms with Crippen molar-refractivity contribution < 1.29 is 5.11 Å². The first kappa shape index (κ1) is 15.4. The average Bonchev–Trinajstić information content (AvgIpc) is 2.53. The Balaban J connectivity index is 1.77. The summed E-state index contributed by atoms with van der Waals surface area (Å²) >= 11 is 1.97. The van der Waals surface area contributed by atoms with E-state index in [0.717, 1.165) is 10.8 Å². The third-order valence-electron chi connectivity index (χ3n) is 4.03. The normalized spacial score (nSPS) is 24.1. The molecule has 1 unspecified atom stereocenters. The standard InChI is InChI=1S/C16H22N2OS/c1-20-15-8-6-14(7-9-15)18-11-16(19)13-4-2-12(10-17)3-5-13/h2-5,14-16,18-19H,6-9,11H2,1H3. The lowest BCUT2D eigenvalue weighted by atomic mass is 9.94. The van der Waals surface area contributed by atoms with Gasteiger partial charge in [-0.1, -0.05) is 12.1 Å². The molecule has 0 bridgehead atoms. The number of hydrogen-bond donors (Lipinski definition) is 2. The van der Waals surface area contributed by atoms with Gasteiger partial charge in [0.05, 0.1) is 17.7 Å². The molecule has 2 N–H and O–H groups in total. The van der Waals surface area contributed by atoms with Crippen molar-refractivity contribution in [2.45, 2.75) is 43.1 Å². The number of rotatable bonds is 5. The fraction of sp³-hybridized carbons (Fsp3) is 0.562. The van der Waals surface area contributed by atoms with Crippen LogP contribution in [0, 0.1) is 11.3 Å². The SMILES string of the molecule is CSC1CCC(NCC(O)c2ccc(C#N)cc2)CC1. The van der Waals surface area contributed by atoms with E-state index in [0.29, 0.717) is 18.2 Å². The molecule has 1 aromatic rings. The fourth-order valence-corrected chi connectivity index (χ4v) is 3.42. The molecule has 1 aliphatic rings. The van der Waals surface area contributed by atoms with Crippen LogP contribution in [0.3, 0.4) is 0 Å². The van der Waals surface area contributed by atoms with Crippen molar-refractivity contribution in [1.29, 1.82) is 5.26 Å². The van der Waals surface area contributed by atoms with Crippen LogP contribution in [0.1, 0.15) is 42.9 Å². The van der Waals surface area contributed by atoms with Crippen LogP contribution in [-0.2, 0) is 0 Å². The first-order valence-electron chi connectivity index (χ1n) is 7.17. The van der Waals surface area contributed by atoms with Crippen molar-refractivity contribution in [3.63, 3.8) is 0 Å². The van der Waals surface area contributed by atoms with E-state index in [1.54, 1.807) is 12.1 Å². The van der Waals surface area contributed by atoms with Gasteiger partial charge in [0.15, 0.2) is 0 Å². The molecule has 0 amide bonds. The van der Waals surface area contributed by atoms with E-state index < -0.39 is 6.10 Å². The van der Waals surface area contributed by atoms with Gasteiger partial charge in [-0.05, 0) is 49.6 Å². The Morgan fingerprint density at radius 1 is 1.30 bits per heavy atom. The maximum absolute atomic E-state index is 10.2. The molecule has 0 heterocycles. The Morgan fingerprint density at radius 3 is 2.50 bits per heavy atom. The van der Waals surface area contributed by atoms with Crippen molar-refractivity contribution in [3.8, 4) is 6.07 Å². The van der Waals surface area contributed by atoms with Crippen molar-refractivity contribution >= 4 is 11.8 Å². The molecule has 0 saturated heterocycles. The van der Waals surface area contributed by atoms with Crippen LogP contribution < -0.4 is 5.32 Å². The zero-order valence-corrected chi connectivity index (χ0v) is 12.7. The van der Waals surface area contributed by atoms with E-state index in [1.807, 2.05) is 23.9 Å². The highest BCUT2D eigenvalue weighted by Gasteiger charge is 2.20. The molecule has 1 fully saturated rings. The number of hydrogen-bond acceptors (Lipinski definition) is 4. The zero-order valence-electron chi connectivity index (χ0n) is 11.9. The number of thioether (sulfide) groups is 1. The molecule has 1 aliphatic carbocycles. The average molecular weight is 290 g/mol. The number of nitrogens with one attached hydrogen (secondary N) is 1. The van der Waals surface area contributed by atoms with Gasteiger partial charge in [-0.3, -0.25) is 0 Å². The highest BCUT2D eigenvalue weighted by Crippen LogP contribution is 2.27. The second-order valence-electron chi connectivity index (χ2n) is 5.37. The lowest BCUT2D eigenvalue weighted by Gasteiger charge is -2.29. The summed E-state index contributed by atoms with van der Waals surface area (Å²) in [5.41, 5.74) is 1.50. The Hall–Kier alpha value is -1.02. The van der Waals surface area contributed by atoms with Crippen molar-refractivity contribution in [2.24, 2.45) is 0 Å². The summed E-state index contributed by atoms with van der Waals surface area (Å²) in [6, 6.07) is 9.78. The van der Waals surface area contributed by atoms with Crippen LogP contribution in [0.5, 0.6) is 0 Å². The quantitative estimate of drug-likeness (QED) is 0.875. The zero-order chi connectivity index (χ0) is 14.4. The minimum atomic E-state index is -0.499. The van der Waals surface area contributed by atoms with Gasteiger partial charge in [-0.15, -0.1) is 0 Å². The van der Waals surface area contributed by atoms with E-state index in [-0.39, 0.29) is 0 Å². The number of nitrogens with zero attached hydrogens (tertiary/aromatic N) is 1. The van der Waals surface area contributed by atoms with Crippen LogP contribution in [-0.4, -0.2) is 29.2 Å². The summed E-state index contributed by atoms with van der Waals surface area (Å²) in [5.74, 6) is 0. The maximum Gasteiger partial charge on any atom is 0.0991 e. The molecule has 0 aliphatic heterocycles. The number of aliphatic hydroxyl groups excluding tert-OH is 1. The minimum Gasteiger partial charge on any atom is -0.387 e. The van der Waals surface area contributed by atoms with E-state index in [9.17, 15) is 5.11 Å². The van der Waals surface area contributed by atoms with E-state index in [1.165, 1.54) is 25.7 Å². The first-order valence-corrected chi connectivity index (χ1v) is 8.46. The summed E-state index contributed by atoms with van der Waals surface area (Å²) in [4.78, 5) is 0. The van der Waals surface area contributed by atoms with E-state index >= 15 is 0 Å². The summed E-state index contributed by atoms with van der Waals surface area (Å²) in [7, 11) is 0. The molecule has 1 saturated carbocycles. The van der Waals surface area contributed by atoms with Gasteiger partial charge in [0.1, 0.15) is 0 Å². The van der Waals surface area contributed by atoms with Crippen LogP contribution in [0.25, 0.3) is 0 Å². The third kappa shape index (κ3) is 4.24. The van der Waals surface area contributed by atoms with Crippen molar-refractivity contribution in [3.05, 3.63) is 35.4 Å². The van der Waals surface area contributed by atoms with Gasteiger partial charge in [0.25, 0.3) is 0 Å². The number of aliphatic hydroxyl groups is 1. The number of benzene rings is 1. The third-order valence-corrected chi connectivity index (χ3v) is 5.17. The van der Waals surface area contributed by atoms with Gasteiger partial charge in [0.2, 0.25) is 0 Å². The molecular weight excluding hydrogens is 268 g/mol. The smallest absolute Gasteiger partial charge is 0.0991 e.